The number of anilines is 1. The maximum absolute atomic E-state index is 11.3. The topological polar surface area (TPSA) is 66.9 Å². The van der Waals surface area contributed by atoms with Gasteiger partial charge in [0.25, 0.3) is 0 Å². The lowest BCUT2D eigenvalue weighted by molar-refractivity contribution is -0.119. The Balaban J connectivity index is 1.78. The SMILES string of the molecule is Cc1cnnc(NCC(=O)NC2CC2)c1. The lowest BCUT2D eigenvalue weighted by Gasteiger charge is -2.05. The van der Waals surface area contributed by atoms with Crippen molar-refractivity contribution in [3.63, 3.8) is 0 Å². The summed E-state index contributed by atoms with van der Waals surface area (Å²) in [5, 5.41) is 13.5. The van der Waals surface area contributed by atoms with Crippen LogP contribution in [-0.4, -0.2) is 28.7 Å². The molecule has 1 aliphatic rings. The van der Waals surface area contributed by atoms with Gasteiger partial charge >= 0.3 is 0 Å². The van der Waals surface area contributed by atoms with Gasteiger partial charge in [-0.05, 0) is 31.4 Å². The first kappa shape index (κ1) is 9.89. The molecule has 0 atom stereocenters. The lowest BCUT2D eigenvalue weighted by Crippen LogP contribution is -2.31. The molecule has 5 nitrogen and oxygen atoms in total. The molecule has 0 saturated heterocycles. The van der Waals surface area contributed by atoms with Gasteiger partial charge in [-0.3, -0.25) is 4.79 Å². The smallest absolute Gasteiger partial charge is 0.239 e. The van der Waals surface area contributed by atoms with Gasteiger partial charge in [-0.15, -0.1) is 5.10 Å². The van der Waals surface area contributed by atoms with Crippen molar-refractivity contribution in [2.45, 2.75) is 25.8 Å². The van der Waals surface area contributed by atoms with Crippen LogP contribution < -0.4 is 10.6 Å². The predicted octanol–water partition coefficient (Wildman–Crippen LogP) is 0.476. The van der Waals surface area contributed by atoms with E-state index in [0.717, 1.165) is 18.4 Å². The number of aromatic nitrogens is 2. The Bertz CT molecular complexity index is 362. The van der Waals surface area contributed by atoms with E-state index >= 15 is 0 Å². The Labute approximate surface area is 88.3 Å². The average Bonchev–Trinajstić information content (AvgIpc) is 2.99. The van der Waals surface area contributed by atoms with Crippen molar-refractivity contribution >= 4 is 11.7 Å². The van der Waals surface area contributed by atoms with Crippen LogP contribution in [0.1, 0.15) is 18.4 Å². The van der Waals surface area contributed by atoms with Crippen molar-refractivity contribution in [2.75, 3.05) is 11.9 Å². The van der Waals surface area contributed by atoms with Crippen molar-refractivity contribution in [3.05, 3.63) is 17.8 Å². The van der Waals surface area contributed by atoms with Crippen LogP contribution in [0.25, 0.3) is 0 Å². The fraction of sp³-hybridized carbons (Fsp3) is 0.500. The molecule has 1 aromatic rings. The summed E-state index contributed by atoms with van der Waals surface area (Å²) in [6, 6.07) is 2.26. The molecule has 1 aromatic heterocycles. The molecule has 0 aliphatic heterocycles. The summed E-state index contributed by atoms with van der Waals surface area (Å²) in [5.41, 5.74) is 1.02. The molecule has 0 bridgehead atoms. The molecule has 0 radical (unpaired) electrons. The summed E-state index contributed by atoms with van der Waals surface area (Å²) in [4.78, 5) is 11.3. The molecular weight excluding hydrogens is 192 g/mol. The highest BCUT2D eigenvalue weighted by Gasteiger charge is 2.22. The predicted molar refractivity (Wildman–Crippen MR) is 56.4 cm³/mol. The van der Waals surface area contributed by atoms with E-state index in [1.54, 1.807) is 6.20 Å². The van der Waals surface area contributed by atoms with Gasteiger partial charge in [0.05, 0.1) is 12.7 Å². The van der Waals surface area contributed by atoms with Gasteiger partial charge in [0, 0.05) is 6.04 Å². The Morgan fingerprint density at radius 3 is 3.07 bits per heavy atom. The number of nitrogens with zero attached hydrogens (tertiary/aromatic N) is 2. The fourth-order valence-electron chi connectivity index (χ4n) is 1.23. The largest absolute Gasteiger partial charge is 0.360 e. The van der Waals surface area contributed by atoms with Gasteiger partial charge in [-0.2, -0.15) is 5.10 Å². The molecule has 2 N–H and O–H groups in total. The zero-order chi connectivity index (χ0) is 10.7. The minimum absolute atomic E-state index is 0.0146. The Hall–Kier alpha value is -1.65. The highest BCUT2D eigenvalue weighted by Crippen LogP contribution is 2.18. The van der Waals surface area contributed by atoms with Gasteiger partial charge in [0.15, 0.2) is 0 Å². The second-order valence-electron chi connectivity index (χ2n) is 3.81. The molecule has 80 valence electrons. The van der Waals surface area contributed by atoms with Gasteiger partial charge in [-0.1, -0.05) is 0 Å². The average molecular weight is 206 g/mol. The first-order valence-electron chi connectivity index (χ1n) is 5.06. The fourth-order valence-corrected chi connectivity index (χ4v) is 1.23. The Morgan fingerprint density at radius 1 is 1.60 bits per heavy atom. The number of carbonyl (C=O) groups excluding carboxylic acids is 1. The standard InChI is InChI=1S/C10H14N4O/c1-7-4-9(14-12-5-7)11-6-10(15)13-8-2-3-8/h4-5,8H,2-3,6H2,1H3,(H,11,14)(H,13,15). The number of carbonyl (C=O) groups is 1. The molecule has 5 heteroatoms. The van der Waals surface area contributed by atoms with Crippen LogP contribution in [0.15, 0.2) is 12.3 Å². The molecule has 0 unspecified atom stereocenters. The van der Waals surface area contributed by atoms with Crippen LogP contribution in [0.3, 0.4) is 0 Å². The van der Waals surface area contributed by atoms with Crippen molar-refractivity contribution in [3.8, 4) is 0 Å². The summed E-state index contributed by atoms with van der Waals surface area (Å²) in [6.45, 7) is 2.19. The minimum atomic E-state index is 0.0146. The summed E-state index contributed by atoms with van der Waals surface area (Å²) in [5.74, 6) is 0.654. The second-order valence-corrected chi connectivity index (χ2v) is 3.81. The van der Waals surface area contributed by atoms with E-state index in [0.29, 0.717) is 11.9 Å². The van der Waals surface area contributed by atoms with E-state index in [1.807, 2.05) is 13.0 Å². The van der Waals surface area contributed by atoms with Crippen LogP contribution in [0.2, 0.25) is 0 Å². The maximum atomic E-state index is 11.3. The minimum Gasteiger partial charge on any atom is -0.360 e. The molecule has 1 aliphatic carbocycles. The summed E-state index contributed by atoms with van der Waals surface area (Å²) in [7, 11) is 0. The molecule has 1 amide bonds. The van der Waals surface area contributed by atoms with E-state index < -0.39 is 0 Å². The highest BCUT2D eigenvalue weighted by molar-refractivity contribution is 5.80. The third kappa shape index (κ3) is 3.19. The summed E-state index contributed by atoms with van der Waals surface area (Å²) < 4.78 is 0. The molecule has 15 heavy (non-hydrogen) atoms. The van der Waals surface area contributed by atoms with Crippen LogP contribution in [0.5, 0.6) is 0 Å². The number of hydrogen-bond acceptors (Lipinski definition) is 4. The summed E-state index contributed by atoms with van der Waals surface area (Å²) in [6.07, 6.45) is 3.89. The van der Waals surface area contributed by atoms with Crippen molar-refractivity contribution in [1.82, 2.24) is 15.5 Å². The Morgan fingerprint density at radius 2 is 2.40 bits per heavy atom. The van der Waals surface area contributed by atoms with Gasteiger partial charge in [-0.25, -0.2) is 0 Å². The zero-order valence-corrected chi connectivity index (χ0v) is 8.66. The number of aryl methyl sites for hydroxylation is 1. The Kier molecular flexibility index (Phi) is 2.80. The monoisotopic (exact) mass is 206 g/mol. The number of rotatable bonds is 4. The van der Waals surface area contributed by atoms with Crippen molar-refractivity contribution in [2.24, 2.45) is 0 Å². The van der Waals surface area contributed by atoms with E-state index in [-0.39, 0.29) is 12.5 Å². The quantitative estimate of drug-likeness (QED) is 0.751. The van der Waals surface area contributed by atoms with Crippen LogP contribution in [0.4, 0.5) is 5.82 Å². The third-order valence-corrected chi connectivity index (χ3v) is 2.16. The number of amides is 1. The zero-order valence-electron chi connectivity index (χ0n) is 8.66. The first-order chi connectivity index (χ1) is 7.24. The molecule has 1 heterocycles. The molecule has 0 aromatic carbocycles. The number of hydrogen-bond donors (Lipinski definition) is 2. The first-order valence-corrected chi connectivity index (χ1v) is 5.06. The molecule has 2 rings (SSSR count). The van der Waals surface area contributed by atoms with E-state index in [1.165, 1.54) is 0 Å². The maximum Gasteiger partial charge on any atom is 0.239 e. The highest BCUT2D eigenvalue weighted by atomic mass is 16.2. The second kappa shape index (κ2) is 4.25. The molecular formula is C10H14N4O. The number of nitrogens with one attached hydrogen (secondary N) is 2. The summed E-state index contributed by atoms with van der Waals surface area (Å²) >= 11 is 0. The molecule has 1 fully saturated rings. The van der Waals surface area contributed by atoms with Crippen molar-refractivity contribution < 1.29 is 4.79 Å². The van der Waals surface area contributed by atoms with Gasteiger partial charge in [0.1, 0.15) is 5.82 Å². The van der Waals surface area contributed by atoms with Crippen LogP contribution in [0, 0.1) is 6.92 Å². The van der Waals surface area contributed by atoms with Crippen molar-refractivity contribution in [1.29, 1.82) is 0 Å². The lowest BCUT2D eigenvalue weighted by atomic mass is 10.3. The van der Waals surface area contributed by atoms with Gasteiger partial charge < -0.3 is 10.6 Å². The third-order valence-electron chi connectivity index (χ3n) is 2.16. The van der Waals surface area contributed by atoms with E-state index in [9.17, 15) is 4.79 Å². The molecule has 0 spiro atoms. The van der Waals surface area contributed by atoms with Crippen LogP contribution in [-0.2, 0) is 4.79 Å². The van der Waals surface area contributed by atoms with Crippen LogP contribution >= 0.6 is 0 Å². The van der Waals surface area contributed by atoms with Gasteiger partial charge in [0.2, 0.25) is 5.91 Å². The normalized spacial score (nSPS) is 14.7. The van der Waals surface area contributed by atoms with E-state index in [2.05, 4.69) is 20.8 Å². The molecule has 1 saturated carbocycles. The van der Waals surface area contributed by atoms with E-state index in [4.69, 9.17) is 0 Å².